The summed E-state index contributed by atoms with van der Waals surface area (Å²) in [6.45, 7) is 0.419. The zero-order valence-electron chi connectivity index (χ0n) is 16.0. The van der Waals surface area contributed by atoms with E-state index in [1.54, 1.807) is 29.2 Å². The number of carbonyl (C=O) groups is 2. The fourth-order valence-electron chi connectivity index (χ4n) is 3.15. The number of amides is 2. The number of rotatable bonds is 5. The van der Waals surface area contributed by atoms with E-state index in [9.17, 15) is 9.59 Å². The smallest absolute Gasteiger partial charge is 0.265 e. The molecule has 30 heavy (non-hydrogen) atoms. The second-order valence-electron chi connectivity index (χ2n) is 6.81. The molecule has 1 heterocycles. The van der Waals surface area contributed by atoms with Crippen molar-refractivity contribution in [3.05, 3.63) is 94.5 Å². The SMILES string of the molecule is O=C(/C=C/c1ccccc1)Nc1ccc2c(c1)N(Cc1ccc(Br)cc1)C(=O)CO2. The number of anilines is 2. The molecule has 4 rings (SSSR count). The van der Waals surface area contributed by atoms with Gasteiger partial charge < -0.3 is 15.0 Å². The van der Waals surface area contributed by atoms with Crippen LogP contribution in [0, 0.1) is 0 Å². The van der Waals surface area contributed by atoms with Gasteiger partial charge in [0.05, 0.1) is 12.2 Å². The van der Waals surface area contributed by atoms with Gasteiger partial charge in [-0.25, -0.2) is 0 Å². The van der Waals surface area contributed by atoms with Gasteiger partial charge in [-0.3, -0.25) is 9.59 Å². The molecule has 0 fully saturated rings. The molecule has 0 bridgehead atoms. The summed E-state index contributed by atoms with van der Waals surface area (Å²) in [5, 5.41) is 2.84. The molecule has 0 aromatic heterocycles. The zero-order valence-corrected chi connectivity index (χ0v) is 17.6. The lowest BCUT2D eigenvalue weighted by molar-refractivity contribution is -0.121. The third-order valence-electron chi connectivity index (χ3n) is 4.65. The van der Waals surface area contributed by atoms with Gasteiger partial charge in [0.1, 0.15) is 5.75 Å². The summed E-state index contributed by atoms with van der Waals surface area (Å²) < 4.78 is 6.54. The summed E-state index contributed by atoms with van der Waals surface area (Å²) in [5.74, 6) is 0.240. The van der Waals surface area contributed by atoms with Crippen LogP contribution in [0.2, 0.25) is 0 Å². The number of fused-ring (bicyclic) bond motifs is 1. The van der Waals surface area contributed by atoms with Crippen LogP contribution < -0.4 is 15.0 Å². The number of benzene rings is 3. The summed E-state index contributed by atoms with van der Waals surface area (Å²) >= 11 is 3.42. The molecule has 0 spiro atoms. The van der Waals surface area contributed by atoms with Crippen LogP contribution in [0.5, 0.6) is 5.75 Å². The molecule has 1 N–H and O–H groups in total. The second-order valence-corrected chi connectivity index (χ2v) is 7.73. The highest BCUT2D eigenvalue weighted by Crippen LogP contribution is 2.35. The van der Waals surface area contributed by atoms with Crippen molar-refractivity contribution in [1.29, 1.82) is 0 Å². The maximum atomic E-state index is 12.5. The van der Waals surface area contributed by atoms with Crippen molar-refractivity contribution in [2.24, 2.45) is 0 Å². The minimum atomic E-state index is -0.249. The van der Waals surface area contributed by atoms with Crippen LogP contribution >= 0.6 is 15.9 Å². The Morgan fingerprint density at radius 3 is 2.60 bits per heavy atom. The first-order valence-electron chi connectivity index (χ1n) is 9.44. The van der Waals surface area contributed by atoms with Crippen molar-refractivity contribution in [2.45, 2.75) is 6.54 Å². The summed E-state index contributed by atoms with van der Waals surface area (Å²) in [5.41, 5.74) is 3.17. The summed E-state index contributed by atoms with van der Waals surface area (Å²) in [6.07, 6.45) is 3.23. The quantitative estimate of drug-likeness (QED) is 0.541. The number of ether oxygens (including phenoxy) is 1. The van der Waals surface area contributed by atoms with Crippen molar-refractivity contribution in [3.63, 3.8) is 0 Å². The van der Waals surface area contributed by atoms with E-state index in [4.69, 9.17) is 4.74 Å². The monoisotopic (exact) mass is 462 g/mol. The molecule has 150 valence electrons. The molecular formula is C24H19BrN2O3. The van der Waals surface area contributed by atoms with Crippen molar-refractivity contribution >= 4 is 45.2 Å². The summed E-state index contributed by atoms with van der Waals surface area (Å²) in [4.78, 5) is 26.5. The lowest BCUT2D eigenvalue weighted by atomic mass is 10.1. The molecular weight excluding hydrogens is 444 g/mol. The van der Waals surface area contributed by atoms with E-state index >= 15 is 0 Å². The van der Waals surface area contributed by atoms with Gasteiger partial charge >= 0.3 is 0 Å². The van der Waals surface area contributed by atoms with Crippen LogP contribution in [-0.4, -0.2) is 18.4 Å². The Morgan fingerprint density at radius 2 is 1.83 bits per heavy atom. The van der Waals surface area contributed by atoms with Crippen LogP contribution in [0.15, 0.2) is 83.3 Å². The maximum Gasteiger partial charge on any atom is 0.265 e. The van der Waals surface area contributed by atoms with Crippen LogP contribution in [0.25, 0.3) is 6.08 Å². The van der Waals surface area contributed by atoms with E-state index in [-0.39, 0.29) is 18.4 Å². The highest BCUT2D eigenvalue weighted by Gasteiger charge is 2.26. The van der Waals surface area contributed by atoms with E-state index in [1.807, 2.05) is 54.6 Å². The van der Waals surface area contributed by atoms with Crippen molar-refractivity contribution in [3.8, 4) is 5.75 Å². The molecule has 3 aromatic carbocycles. The zero-order chi connectivity index (χ0) is 20.9. The lowest BCUT2D eigenvalue weighted by Crippen LogP contribution is -2.38. The Bertz CT molecular complexity index is 1100. The molecule has 0 saturated carbocycles. The van der Waals surface area contributed by atoms with Crippen LogP contribution in [0.1, 0.15) is 11.1 Å². The summed E-state index contributed by atoms with van der Waals surface area (Å²) in [6, 6.07) is 22.7. The molecule has 3 aromatic rings. The average molecular weight is 463 g/mol. The van der Waals surface area contributed by atoms with E-state index in [0.29, 0.717) is 23.7 Å². The highest BCUT2D eigenvalue weighted by molar-refractivity contribution is 9.10. The first kappa shape index (κ1) is 19.9. The molecule has 1 aliphatic heterocycles. The molecule has 0 unspecified atom stereocenters. The van der Waals surface area contributed by atoms with E-state index in [0.717, 1.165) is 15.6 Å². The predicted molar refractivity (Wildman–Crippen MR) is 121 cm³/mol. The second kappa shape index (κ2) is 8.97. The van der Waals surface area contributed by atoms with E-state index in [1.165, 1.54) is 6.08 Å². The lowest BCUT2D eigenvalue weighted by Gasteiger charge is -2.30. The molecule has 1 aliphatic rings. The number of carbonyl (C=O) groups excluding carboxylic acids is 2. The van der Waals surface area contributed by atoms with Gasteiger partial charge in [0.15, 0.2) is 6.61 Å². The van der Waals surface area contributed by atoms with Crippen LogP contribution in [-0.2, 0) is 16.1 Å². The molecule has 0 radical (unpaired) electrons. The number of nitrogens with one attached hydrogen (secondary N) is 1. The maximum absolute atomic E-state index is 12.5. The minimum absolute atomic E-state index is 0.00491. The topological polar surface area (TPSA) is 58.6 Å². The van der Waals surface area contributed by atoms with Gasteiger partial charge in [0, 0.05) is 16.2 Å². The van der Waals surface area contributed by atoms with Crippen molar-refractivity contribution in [2.75, 3.05) is 16.8 Å². The normalized spacial score (nSPS) is 13.1. The summed E-state index contributed by atoms with van der Waals surface area (Å²) in [7, 11) is 0. The third kappa shape index (κ3) is 4.78. The number of nitrogens with zero attached hydrogens (tertiary/aromatic N) is 1. The van der Waals surface area contributed by atoms with Crippen LogP contribution in [0.3, 0.4) is 0 Å². The minimum Gasteiger partial charge on any atom is -0.482 e. The van der Waals surface area contributed by atoms with Gasteiger partial charge in [-0.05, 0) is 47.5 Å². The molecule has 0 atom stereocenters. The average Bonchev–Trinajstić information content (AvgIpc) is 2.76. The molecule has 2 amide bonds. The molecule has 6 heteroatoms. The Balaban J connectivity index is 1.52. The van der Waals surface area contributed by atoms with Gasteiger partial charge in [-0.1, -0.05) is 58.4 Å². The number of halogens is 1. The Kier molecular flexibility index (Phi) is 5.95. The fraction of sp³-hybridized carbons (Fsp3) is 0.0833. The highest BCUT2D eigenvalue weighted by atomic mass is 79.9. The van der Waals surface area contributed by atoms with Gasteiger partial charge in [-0.2, -0.15) is 0 Å². The first-order chi connectivity index (χ1) is 14.6. The van der Waals surface area contributed by atoms with Crippen LogP contribution in [0.4, 0.5) is 11.4 Å². The predicted octanol–water partition coefficient (Wildman–Crippen LogP) is 5.03. The van der Waals surface area contributed by atoms with E-state index in [2.05, 4.69) is 21.2 Å². The third-order valence-corrected chi connectivity index (χ3v) is 5.18. The van der Waals surface area contributed by atoms with Crippen molar-refractivity contribution < 1.29 is 14.3 Å². The number of hydrogen-bond donors (Lipinski definition) is 1. The fourth-order valence-corrected chi connectivity index (χ4v) is 3.41. The van der Waals surface area contributed by atoms with E-state index < -0.39 is 0 Å². The number of hydrogen-bond acceptors (Lipinski definition) is 3. The Morgan fingerprint density at radius 1 is 1.07 bits per heavy atom. The van der Waals surface area contributed by atoms with Gasteiger partial charge in [0.2, 0.25) is 5.91 Å². The van der Waals surface area contributed by atoms with Gasteiger partial charge in [-0.15, -0.1) is 0 Å². The first-order valence-corrected chi connectivity index (χ1v) is 10.2. The Labute approximate surface area is 183 Å². The van der Waals surface area contributed by atoms with Crippen molar-refractivity contribution in [1.82, 2.24) is 0 Å². The van der Waals surface area contributed by atoms with Gasteiger partial charge in [0.25, 0.3) is 5.91 Å². The molecule has 0 saturated heterocycles. The molecule has 5 nitrogen and oxygen atoms in total. The Hall–Kier alpha value is -3.38. The largest absolute Gasteiger partial charge is 0.482 e. The molecule has 0 aliphatic carbocycles. The standard InChI is InChI=1S/C24H19BrN2O3/c25-19-9-6-18(7-10-19)15-27-21-14-20(11-12-22(21)30-16-24(27)29)26-23(28)13-8-17-4-2-1-3-5-17/h1-14H,15-16H2,(H,26,28)/b13-8+.